The van der Waals surface area contributed by atoms with Crippen molar-refractivity contribution in [3.63, 3.8) is 0 Å². The molecular formula is C18H25N5O4. The first-order valence-corrected chi connectivity index (χ1v) is 8.99. The van der Waals surface area contributed by atoms with Crippen LogP contribution in [0.5, 0.6) is 0 Å². The zero-order valence-corrected chi connectivity index (χ0v) is 15.8. The molecule has 9 heteroatoms. The molecule has 2 heterocycles. The average Bonchev–Trinajstić information content (AvgIpc) is 3.01. The van der Waals surface area contributed by atoms with E-state index >= 15 is 0 Å². The number of rotatable bonds is 3. The fourth-order valence-corrected chi connectivity index (χ4v) is 3.18. The summed E-state index contributed by atoms with van der Waals surface area (Å²) in [5.74, 6) is 0.773. The summed E-state index contributed by atoms with van der Waals surface area (Å²) >= 11 is 0. The van der Waals surface area contributed by atoms with Gasteiger partial charge in [0.2, 0.25) is 0 Å². The summed E-state index contributed by atoms with van der Waals surface area (Å²) in [6.45, 7) is 8.45. The maximum atomic E-state index is 12.3. The number of benzene rings is 1. The number of piperazine rings is 1. The molecule has 0 saturated carbocycles. The second-order valence-corrected chi connectivity index (χ2v) is 7.72. The van der Waals surface area contributed by atoms with E-state index < -0.39 is 10.5 Å². The summed E-state index contributed by atoms with van der Waals surface area (Å²) < 4.78 is 5.45. The van der Waals surface area contributed by atoms with Gasteiger partial charge in [-0.05, 0) is 26.3 Å². The summed E-state index contributed by atoms with van der Waals surface area (Å²) in [5, 5.41) is 14.1. The van der Waals surface area contributed by atoms with E-state index in [1.54, 1.807) is 17.0 Å². The van der Waals surface area contributed by atoms with Gasteiger partial charge in [0.25, 0.3) is 5.69 Å². The molecule has 1 amide bonds. The maximum absolute atomic E-state index is 12.3. The first-order chi connectivity index (χ1) is 12.7. The van der Waals surface area contributed by atoms with Crippen molar-refractivity contribution in [1.82, 2.24) is 15.1 Å². The third kappa shape index (κ3) is 4.66. The van der Waals surface area contributed by atoms with E-state index in [9.17, 15) is 14.9 Å². The van der Waals surface area contributed by atoms with Crippen LogP contribution in [0.4, 0.5) is 10.5 Å². The molecule has 1 aromatic carbocycles. The van der Waals surface area contributed by atoms with Crippen LogP contribution in [-0.2, 0) is 11.3 Å². The van der Waals surface area contributed by atoms with Gasteiger partial charge in [-0.2, -0.15) is 0 Å². The van der Waals surface area contributed by atoms with Crippen LogP contribution in [0.3, 0.4) is 0 Å². The number of nitrogens with zero attached hydrogens (tertiary/aromatic N) is 4. The highest BCUT2D eigenvalue weighted by Crippen LogP contribution is 2.19. The largest absolute Gasteiger partial charge is 0.444 e. The van der Waals surface area contributed by atoms with Crippen LogP contribution in [0.1, 0.15) is 26.3 Å². The molecule has 27 heavy (non-hydrogen) atoms. The van der Waals surface area contributed by atoms with Crippen LogP contribution >= 0.6 is 0 Å². The smallest absolute Gasteiger partial charge is 0.410 e. The molecular weight excluding hydrogens is 350 g/mol. The first kappa shape index (κ1) is 18.9. The molecule has 0 radical (unpaired) electrons. The number of aliphatic imine (C=N–C) groups is 1. The van der Waals surface area contributed by atoms with Gasteiger partial charge in [0.15, 0.2) is 5.96 Å². The number of amides is 1. The number of nitro groups is 1. The van der Waals surface area contributed by atoms with E-state index in [0.29, 0.717) is 32.7 Å². The Morgan fingerprint density at radius 1 is 1.41 bits per heavy atom. The maximum Gasteiger partial charge on any atom is 0.410 e. The number of nitro benzene ring substituents is 1. The fourth-order valence-electron chi connectivity index (χ4n) is 3.18. The van der Waals surface area contributed by atoms with Crippen molar-refractivity contribution in [2.24, 2.45) is 4.99 Å². The molecule has 146 valence electrons. The molecule has 1 unspecified atom stereocenters. The Kier molecular flexibility index (Phi) is 5.20. The lowest BCUT2D eigenvalue weighted by Crippen LogP contribution is -2.57. The number of nitrogens with one attached hydrogen (secondary N) is 1. The standard InChI is InChI=1S/C18H25N5O4/c1-18(2,3)27-17(24)21-7-8-22-15(12-21)11-20-16(22)19-10-13-5-4-6-14(9-13)23(25)26/h4-6,9,15H,7-8,10-12H2,1-3H3,(H,19,20). The van der Waals surface area contributed by atoms with Crippen molar-refractivity contribution in [1.29, 1.82) is 0 Å². The summed E-state index contributed by atoms with van der Waals surface area (Å²) in [7, 11) is 0. The number of hydrogen-bond donors (Lipinski definition) is 1. The molecule has 0 bridgehead atoms. The van der Waals surface area contributed by atoms with Gasteiger partial charge in [0, 0.05) is 38.3 Å². The molecule has 1 fully saturated rings. The average molecular weight is 375 g/mol. The molecule has 1 atom stereocenters. The molecule has 3 rings (SSSR count). The third-order valence-electron chi connectivity index (χ3n) is 4.43. The number of guanidine groups is 1. The third-order valence-corrected chi connectivity index (χ3v) is 4.43. The quantitative estimate of drug-likeness (QED) is 0.640. The van der Waals surface area contributed by atoms with Gasteiger partial charge in [-0.15, -0.1) is 0 Å². The van der Waals surface area contributed by atoms with Crippen LogP contribution < -0.4 is 5.32 Å². The van der Waals surface area contributed by atoms with Crippen LogP contribution in [0.15, 0.2) is 29.3 Å². The molecule has 0 spiro atoms. The van der Waals surface area contributed by atoms with E-state index in [2.05, 4.69) is 15.2 Å². The highest BCUT2D eigenvalue weighted by Gasteiger charge is 2.36. The molecule has 9 nitrogen and oxygen atoms in total. The predicted molar refractivity (Wildman–Crippen MR) is 101 cm³/mol. The van der Waals surface area contributed by atoms with Gasteiger partial charge in [-0.25, -0.2) is 4.79 Å². The van der Waals surface area contributed by atoms with Gasteiger partial charge in [-0.3, -0.25) is 15.1 Å². The van der Waals surface area contributed by atoms with E-state index in [1.807, 2.05) is 26.8 Å². The highest BCUT2D eigenvalue weighted by molar-refractivity contribution is 5.82. The lowest BCUT2D eigenvalue weighted by atomic mass is 10.2. The number of ether oxygens (including phenoxy) is 1. The van der Waals surface area contributed by atoms with Gasteiger partial charge in [0.05, 0.1) is 17.5 Å². The zero-order valence-electron chi connectivity index (χ0n) is 15.8. The Balaban J connectivity index is 1.54. The zero-order chi connectivity index (χ0) is 19.6. The van der Waals surface area contributed by atoms with E-state index in [0.717, 1.165) is 11.5 Å². The number of non-ortho nitro benzene ring substituents is 1. The van der Waals surface area contributed by atoms with Crippen molar-refractivity contribution in [2.45, 2.75) is 39.0 Å². The summed E-state index contributed by atoms with van der Waals surface area (Å²) in [4.78, 5) is 31.2. The number of fused-ring (bicyclic) bond motifs is 1. The molecule has 2 aliphatic rings. The SMILES string of the molecule is CC(C)(C)OC(=O)N1CCN2C(NCc3cccc([N+](=O)[O-])c3)=NCC2C1. The molecule has 1 N–H and O–H groups in total. The van der Waals surface area contributed by atoms with E-state index in [4.69, 9.17) is 4.74 Å². The van der Waals surface area contributed by atoms with E-state index in [-0.39, 0.29) is 17.8 Å². The Morgan fingerprint density at radius 3 is 2.89 bits per heavy atom. The topological polar surface area (TPSA) is 100 Å². The molecule has 0 aromatic heterocycles. The monoisotopic (exact) mass is 375 g/mol. The number of hydrogen-bond acceptors (Lipinski definition) is 7. The van der Waals surface area contributed by atoms with Crippen molar-refractivity contribution >= 4 is 17.7 Å². The summed E-state index contributed by atoms with van der Waals surface area (Å²) in [6, 6.07) is 6.67. The molecule has 2 aliphatic heterocycles. The Hall–Kier alpha value is -2.84. The van der Waals surface area contributed by atoms with Crippen molar-refractivity contribution in [3.05, 3.63) is 39.9 Å². The Bertz CT molecular complexity index is 758. The predicted octanol–water partition coefficient (Wildman–Crippen LogP) is 1.98. The van der Waals surface area contributed by atoms with Gasteiger partial charge < -0.3 is 19.9 Å². The van der Waals surface area contributed by atoms with Crippen LogP contribution in [0.25, 0.3) is 0 Å². The normalized spacial score (nSPS) is 19.4. The van der Waals surface area contributed by atoms with Crippen molar-refractivity contribution in [2.75, 3.05) is 26.2 Å². The Labute approximate surface area is 158 Å². The first-order valence-electron chi connectivity index (χ1n) is 8.99. The molecule has 1 aromatic rings. The Morgan fingerprint density at radius 2 is 2.19 bits per heavy atom. The second-order valence-electron chi connectivity index (χ2n) is 7.72. The lowest BCUT2D eigenvalue weighted by Gasteiger charge is -2.39. The minimum Gasteiger partial charge on any atom is -0.444 e. The van der Waals surface area contributed by atoms with Crippen LogP contribution in [-0.4, -0.2) is 64.6 Å². The van der Waals surface area contributed by atoms with Crippen LogP contribution in [0, 0.1) is 10.1 Å². The molecule has 0 aliphatic carbocycles. The number of carbonyl (C=O) groups is 1. The van der Waals surface area contributed by atoms with Crippen LogP contribution in [0.2, 0.25) is 0 Å². The molecule has 1 saturated heterocycles. The van der Waals surface area contributed by atoms with Gasteiger partial charge in [-0.1, -0.05) is 12.1 Å². The van der Waals surface area contributed by atoms with E-state index in [1.165, 1.54) is 6.07 Å². The minimum atomic E-state index is -0.509. The van der Waals surface area contributed by atoms with Crippen molar-refractivity contribution < 1.29 is 14.5 Å². The highest BCUT2D eigenvalue weighted by atomic mass is 16.6. The summed E-state index contributed by atoms with van der Waals surface area (Å²) in [5.41, 5.74) is 0.389. The summed E-state index contributed by atoms with van der Waals surface area (Å²) in [6.07, 6.45) is -0.292. The fraction of sp³-hybridized carbons (Fsp3) is 0.556. The van der Waals surface area contributed by atoms with Gasteiger partial charge in [0.1, 0.15) is 5.60 Å². The van der Waals surface area contributed by atoms with Gasteiger partial charge >= 0.3 is 6.09 Å². The second kappa shape index (κ2) is 7.42. The number of carbonyl (C=O) groups excluding carboxylic acids is 1. The lowest BCUT2D eigenvalue weighted by molar-refractivity contribution is -0.384. The minimum absolute atomic E-state index is 0.0755. The van der Waals surface area contributed by atoms with Crippen molar-refractivity contribution in [3.8, 4) is 0 Å².